The number of benzene rings is 1. The van der Waals surface area contributed by atoms with Gasteiger partial charge in [-0.25, -0.2) is 4.39 Å². The number of carbonyl (C=O) groups excluding carboxylic acids is 2. The number of hydrogen-bond acceptors (Lipinski definition) is 2. The van der Waals surface area contributed by atoms with Gasteiger partial charge in [-0.1, -0.05) is 19.1 Å². The molecule has 2 rings (SSSR count). The van der Waals surface area contributed by atoms with Crippen LogP contribution in [0.2, 0.25) is 0 Å². The van der Waals surface area contributed by atoms with Crippen molar-refractivity contribution in [2.45, 2.75) is 26.7 Å². The van der Waals surface area contributed by atoms with Crippen LogP contribution in [-0.2, 0) is 9.59 Å². The number of nitrogens with one attached hydrogen (secondary N) is 1. The van der Waals surface area contributed by atoms with Crippen LogP contribution in [0.5, 0.6) is 0 Å². The largest absolute Gasteiger partial charge is 0.352 e. The third-order valence-electron chi connectivity index (χ3n) is 3.96. The molecule has 0 radical (unpaired) electrons. The molecule has 1 aliphatic rings. The molecule has 0 aromatic heterocycles. The fraction of sp³-hybridized carbons (Fsp3) is 0.444. The summed E-state index contributed by atoms with van der Waals surface area (Å²) in [5, 5.41) is 2.84. The summed E-state index contributed by atoms with van der Waals surface area (Å²) in [4.78, 5) is 25.4. The predicted octanol–water partition coefficient (Wildman–Crippen LogP) is 2.60. The highest BCUT2D eigenvalue weighted by atomic mass is 19.1. The maximum Gasteiger partial charge on any atom is 0.244 e. The smallest absolute Gasteiger partial charge is 0.244 e. The number of nitrogens with zero attached hydrogens (tertiary/aromatic N) is 1. The van der Waals surface area contributed by atoms with E-state index in [2.05, 4.69) is 5.32 Å². The second-order valence-corrected chi connectivity index (χ2v) is 6.13. The van der Waals surface area contributed by atoms with Crippen LogP contribution in [0.4, 0.5) is 4.39 Å². The van der Waals surface area contributed by atoms with E-state index in [0.29, 0.717) is 30.6 Å². The van der Waals surface area contributed by atoms with E-state index in [9.17, 15) is 14.0 Å². The van der Waals surface area contributed by atoms with Gasteiger partial charge in [0.1, 0.15) is 5.82 Å². The Hall–Kier alpha value is -2.17. The number of hydrogen-bond donors (Lipinski definition) is 1. The number of carbonyl (C=O) groups is 2. The fourth-order valence-corrected chi connectivity index (χ4v) is 2.68. The van der Waals surface area contributed by atoms with Gasteiger partial charge >= 0.3 is 0 Å². The van der Waals surface area contributed by atoms with E-state index < -0.39 is 0 Å². The molecule has 23 heavy (non-hydrogen) atoms. The molecule has 2 amide bonds. The Labute approximate surface area is 136 Å². The molecule has 1 atom stereocenters. The lowest BCUT2D eigenvalue weighted by Crippen LogP contribution is -2.35. The van der Waals surface area contributed by atoms with E-state index in [1.807, 2.05) is 11.8 Å². The van der Waals surface area contributed by atoms with Crippen molar-refractivity contribution in [3.8, 4) is 0 Å². The first kappa shape index (κ1) is 17.2. The fourth-order valence-electron chi connectivity index (χ4n) is 2.68. The van der Waals surface area contributed by atoms with Gasteiger partial charge < -0.3 is 10.2 Å². The monoisotopic (exact) mass is 318 g/mol. The summed E-state index contributed by atoms with van der Waals surface area (Å²) in [6.07, 6.45) is 3.03. The molecule has 0 aliphatic carbocycles. The van der Waals surface area contributed by atoms with Crippen molar-refractivity contribution in [1.82, 2.24) is 10.2 Å². The van der Waals surface area contributed by atoms with Crippen molar-refractivity contribution in [3.63, 3.8) is 0 Å². The van der Waals surface area contributed by atoms with Crippen LogP contribution in [-0.4, -0.2) is 36.3 Å². The Balaban J connectivity index is 1.82. The van der Waals surface area contributed by atoms with Crippen molar-refractivity contribution in [3.05, 3.63) is 41.7 Å². The first-order chi connectivity index (χ1) is 11.0. The Morgan fingerprint density at radius 2 is 2.26 bits per heavy atom. The van der Waals surface area contributed by atoms with Crippen LogP contribution in [0.3, 0.4) is 0 Å². The van der Waals surface area contributed by atoms with Gasteiger partial charge in [-0.15, -0.1) is 0 Å². The zero-order valence-electron chi connectivity index (χ0n) is 13.6. The van der Waals surface area contributed by atoms with Crippen LogP contribution in [0, 0.1) is 11.7 Å². The molecule has 4 nitrogen and oxygen atoms in total. The van der Waals surface area contributed by atoms with Gasteiger partial charge in [0, 0.05) is 32.1 Å². The zero-order chi connectivity index (χ0) is 16.8. The molecule has 5 heteroatoms. The highest BCUT2D eigenvalue weighted by molar-refractivity contribution is 5.94. The van der Waals surface area contributed by atoms with E-state index in [1.165, 1.54) is 18.2 Å². The molecule has 0 saturated carbocycles. The van der Waals surface area contributed by atoms with Gasteiger partial charge in [-0.2, -0.15) is 0 Å². The van der Waals surface area contributed by atoms with Crippen LogP contribution in [0.25, 0.3) is 5.57 Å². The van der Waals surface area contributed by atoms with Gasteiger partial charge in [-0.3, -0.25) is 9.59 Å². The average Bonchev–Trinajstić information content (AvgIpc) is 2.90. The summed E-state index contributed by atoms with van der Waals surface area (Å²) < 4.78 is 13.2. The van der Waals surface area contributed by atoms with Crippen LogP contribution in [0.15, 0.2) is 30.3 Å². The summed E-state index contributed by atoms with van der Waals surface area (Å²) in [5.74, 6) is -0.125. The molecule has 1 saturated heterocycles. The van der Waals surface area contributed by atoms with Crippen molar-refractivity contribution in [2.24, 2.45) is 5.92 Å². The molecule has 1 heterocycles. The Bertz CT molecular complexity index is 613. The first-order valence-electron chi connectivity index (χ1n) is 7.95. The van der Waals surface area contributed by atoms with Gasteiger partial charge in [0.15, 0.2) is 0 Å². The van der Waals surface area contributed by atoms with Crippen molar-refractivity contribution < 1.29 is 14.0 Å². The van der Waals surface area contributed by atoms with E-state index in [1.54, 1.807) is 19.1 Å². The van der Waals surface area contributed by atoms with Crippen LogP contribution in [0.1, 0.15) is 32.3 Å². The Morgan fingerprint density at radius 1 is 1.48 bits per heavy atom. The van der Waals surface area contributed by atoms with E-state index in [4.69, 9.17) is 0 Å². The lowest BCUT2D eigenvalue weighted by Gasteiger charge is -2.20. The molecule has 1 aromatic carbocycles. The molecular weight excluding hydrogens is 295 g/mol. The van der Waals surface area contributed by atoms with E-state index in [-0.39, 0.29) is 23.5 Å². The zero-order valence-corrected chi connectivity index (χ0v) is 13.6. The molecular formula is C18H23FN2O2. The normalized spacial score (nSPS) is 16.6. The third-order valence-corrected chi connectivity index (χ3v) is 3.96. The number of allylic oxidation sites excluding steroid dienone is 1. The van der Waals surface area contributed by atoms with Crippen LogP contribution < -0.4 is 5.32 Å². The standard InChI is InChI=1S/C18H23FN2O2/c1-13(12-21-8-4-7-18(21)23)11-20-17(22)9-14(2)15-5-3-6-16(19)10-15/h3,5-6,9-10,13H,4,7-8,11-12H2,1-2H3,(H,20,22). The molecule has 1 N–H and O–H groups in total. The molecule has 1 aromatic rings. The molecule has 124 valence electrons. The second-order valence-electron chi connectivity index (χ2n) is 6.13. The van der Waals surface area contributed by atoms with E-state index in [0.717, 1.165) is 13.0 Å². The SMILES string of the molecule is CC(=CC(=O)NCC(C)CN1CCCC1=O)c1cccc(F)c1. The highest BCUT2D eigenvalue weighted by Crippen LogP contribution is 2.14. The van der Waals surface area contributed by atoms with Crippen molar-refractivity contribution in [1.29, 1.82) is 0 Å². The summed E-state index contributed by atoms with van der Waals surface area (Å²) in [6, 6.07) is 6.16. The van der Waals surface area contributed by atoms with Crippen molar-refractivity contribution >= 4 is 17.4 Å². The lowest BCUT2D eigenvalue weighted by molar-refractivity contribution is -0.128. The van der Waals surface area contributed by atoms with Gasteiger partial charge in [0.25, 0.3) is 0 Å². The molecule has 1 unspecified atom stereocenters. The maximum absolute atomic E-state index is 13.2. The minimum absolute atomic E-state index is 0.198. The highest BCUT2D eigenvalue weighted by Gasteiger charge is 2.21. The van der Waals surface area contributed by atoms with Crippen LogP contribution >= 0.6 is 0 Å². The van der Waals surface area contributed by atoms with Gasteiger partial charge in [0.2, 0.25) is 11.8 Å². The van der Waals surface area contributed by atoms with Gasteiger partial charge in [-0.05, 0) is 42.5 Å². The third kappa shape index (κ3) is 5.20. The minimum atomic E-state index is -0.320. The number of halogens is 1. The van der Waals surface area contributed by atoms with E-state index >= 15 is 0 Å². The molecule has 1 fully saturated rings. The summed E-state index contributed by atoms with van der Waals surface area (Å²) >= 11 is 0. The summed E-state index contributed by atoms with van der Waals surface area (Å²) in [7, 11) is 0. The molecule has 0 spiro atoms. The number of likely N-dealkylation sites (tertiary alicyclic amines) is 1. The quantitative estimate of drug-likeness (QED) is 0.820. The number of rotatable bonds is 6. The topological polar surface area (TPSA) is 49.4 Å². The Morgan fingerprint density at radius 3 is 2.91 bits per heavy atom. The minimum Gasteiger partial charge on any atom is -0.352 e. The summed E-state index contributed by atoms with van der Waals surface area (Å²) in [6.45, 7) is 5.78. The van der Waals surface area contributed by atoms with Gasteiger partial charge in [0.05, 0.1) is 0 Å². The maximum atomic E-state index is 13.2. The lowest BCUT2D eigenvalue weighted by atomic mass is 10.1. The first-order valence-corrected chi connectivity index (χ1v) is 7.95. The summed E-state index contributed by atoms with van der Waals surface area (Å²) in [5.41, 5.74) is 1.40. The second kappa shape index (κ2) is 7.90. The number of amides is 2. The Kier molecular flexibility index (Phi) is 5.90. The molecule has 0 bridgehead atoms. The molecule has 1 aliphatic heterocycles. The average molecular weight is 318 g/mol. The van der Waals surface area contributed by atoms with Crippen molar-refractivity contribution in [2.75, 3.05) is 19.6 Å². The predicted molar refractivity (Wildman–Crippen MR) is 88.0 cm³/mol.